The zero-order valence-corrected chi connectivity index (χ0v) is 25.0. The zero-order valence-electron chi connectivity index (χ0n) is 21.5. The standard InChI is InChI=1S/C26H44AsNO5S2/c1-3-5-7-9-11-13-17-32-25(30)20-34-27(22-15-16-24(29)23(28)19-22)35-21-26(31)33-18-14-12-10-8-6-4-2/h15-16,19,29H,3-14,17-18,20-21,28H2,1-2H3. The van der Waals surface area contributed by atoms with Crippen molar-refractivity contribution in [1.29, 1.82) is 0 Å². The van der Waals surface area contributed by atoms with E-state index < -0.39 is 12.3 Å². The van der Waals surface area contributed by atoms with E-state index >= 15 is 0 Å². The van der Waals surface area contributed by atoms with Crippen LogP contribution in [0.4, 0.5) is 5.69 Å². The Balaban J connectivity index is 2.43. The van der Waals surface area contributed by atoms with Crippen LogP contribution in [-0.4, -0.2) is 54.1 Å². The Bertz CT molecular complexity index is 689. The van der Waals surface area contributed by atoms with Gasteiger partial charge in [-0.3, -0.25) is 0 Å². The van der Waals surface area contributed by atoms with Gasteiger partial charge in [-0.2, -0.15) is 0 Å². The van der Waals surface area contributed by atoms with Crippen molar-refractivity contribution in [3.05, 3.63) is 18.2 Å². The van der Waals surface area contributed by atoms with Crippen molar-refractivity contribution in [2.75, 3.05) is 30.5 Å². The van der Waals surface area contributed by atoms with Crippen molar-refractivity contribution in [2.45, 2.75) is 90.9 Å². The van der Waals surface area contributed by atoms with Gasteiger partial charge in [0, 0.05) is 0 Å². The number of ether oxygens (including phenoxy) is 2. The Kier molecular flexibility index (Phi) is 19.4. The number of aromatic hydroxyl groups is 1. The number of carbonyl (C=O) groups excluding carboxylic acids is 2. The summed E-state index contributed by atoms with van der Waals surface area (Å²) in [6.07, 6.45) is 13.8. The maximum atomic E-state index is 12.3. The van der Waals surface area contributed by atoms with Crippen LogP contribution in [0.2, 0.25) is 0 Å². The first-order valence-corrected chi connectivity index (χ1v) is 20.4. The molecule has 0 saturated heterocycles. The van der Waals surface area contributed by atoms with E-state index in [2.05, 4.69) is 13.8 Å². The van der Waals surface area contributed by atoms with Crippen LogP contribution in [0.1, 0.15) is 90.9 Å². The van der Waals surface area contributed by atoms with E-state index in [9.17, 15) is 14.7 Å². The Labute approximate surface area is 223 Å². The van der Waals surface area contributed by atoms with E-state index in [4.69, 9.17) is 15.2 Å². The van der Waals surface area contributed by atoms with Crippen LogP contribution in [0.5, 0.6) is 5.75 Å². The molecule has 0 saturated carbocycles. The van der Waals surface area contributed by atoms with E-state index in [0.717, 1.165) is 30.0 Å². The van der Waals surface area contributed by atoms with Crippen molar-refractivity contribution in [3.63, 3.8) is 0 Å². The predicted molar refractivity (Wildman–Crippen MR) is 151 cm³/mol. The van der Waals surface area contributed by atoms with Crippen molar-refractivity contribution < 1.29 is 24.2 Å². The number of carbonyl (C=O) groups is 2. The van der Waals surface area contributed by atoms with Gasteiger partial charge < -0.3 is 0 Å². The molecular formula is C26H44AsNO5S2. The number of benzene rings is 1. The quantitative estimate of drug-likeness (QED) is 0.0598. The van der Waals surface area contributed by atoms with E-state index in [1.165, 1.54) is 51.4 Å². The van der Waals surface area contributed by atoms with E-state index in [1.54, 1.807) is 32.2 Å². The average Bonchev–Trinajstić information content (AvgIpc) is 2.84. The molecule has 0 bridgehead atoms. The van der Waals surface area contributed by atoms with Gasteiger partial charge in [-0.25, -0.2) is 0 Å². The second-order valence-corrected chi connectivity index (χ2v) is 20.0. The third kappa shape index (κ3) is 16.4. The molecule has 0 heterocycles. The summed E-state index contributed by atoms with van der Waals surface area (Å²) in [5.41, 5.74) is 6.20. The van der Waals surface area contributed by atoms with Crippen LogP contribution in [0, 0.1) is 0 Å². The topological polar surface area (TPSA) is 98.9 Å². The van der Waals surface area contributed by atoms with Crippen LogP contribution in [0.3, 0.4) is 0 Å². The maximum absolute atomic E-state index is 12.3. The molecule has 0 radical (unpaired) electrons. The van der Waals surface area contributed by atoms with Gasteiger partial charge in [0.2, 0.25) is 0 Å². The third-order valence-corrected chi connectivity index (χ3v) is 18.1. The number of rotatable bonds is 21. The molecule has 1 aromatic rings. The van der Waals surface area contributed by atoms with E-state index in [1.807, 2.05) is 6.07 Å². The average molecular weight is 590 g/mol. The second-order valence-electron chi connectivity index (χ2n) is 8.52. The zero-order chi connectivity index (χ0) is 25.7. The van der Waals surface area contributed by atoms with Gasteiger partial charge in [0.1, 0.15) is 0 Å². The molecule has 0 fully saturated rings. The summed E-state index contributed by atoms with van der Waals surface area (Å²) in [5.74, 6) is 0.0867. The number of nitrogen functional groups attached to an aromatic ring is 1. The van der Waals surface area contributed by atoms with Crippen molar-refractivity contribution >= 4 is 54.4 Å². The summed E-state index contributed by atoms with van der Waals surface area (Å²) in [6.45, 7) is 5.31. The van der Waals surface area contributed by atoms with Gasteiger partial charge in [-0.05, 0) is 0 Å². The molecule has 0 aromatic heterocycles. The summed E-state index contributed by atoms with van der Waals surface area (Å²) in [4.78, 5) is 24.5. The Morgan fingerprint density at radius 1 is 0.800 bits per heavy atom. The number of phenols is 1. The number of hydrogen-bond donors (Lipinski definition) is 2. The van der Waals surface area contributed by atoms with Crippen LogP contribution < -0.4 is 10.1 Å². The Morgan fingerprint density at radius 2 is 1.26 bits per heavy atom. The number of unbranched alkanes of at least 4 members (excludes halogenated alkanes) is 10. The van der Waals surface area contributed by atoms with Gasteiger partial charge >= 0.3 is 224 Å². The number of phenolic OH excluding ortho intramolecular Hbond substituents is 1. The molecule has 1 aromatic carbocycles. The summed E-state index contributed by atoms with van der Waals surface area (Å²) in [7, 11) is 3.09. The molecule has 0 aliphatic rings. The summed E-state index contributed by atoms with van der Waals surface area (Å²) < 4.78 is 11.8. The van der Waals surface area contributed by atoms with Crippen LogP contribution in [0.15, 0.2) is 18.2 Å². The number of esters is 2. The normalized spacial score (nSPS) is 11.1. The van der Waals surface area contributed by atoms with Crippen molar-refractivity contribution in [1.82, 2.24) is 0 Å². The first-order chi connectivity index (χ1) is 17.0. The molecule has 9 heteroatoms. The molecule has 200 valence electrons. The van der Waals surface area contributed by atoms with Crippen molar-refractivity contribution in [2.24, 2.45) is 0 Å². The monoisotopic (exact) mass is 589 g/mol. The second kappa shape index (κ2) is 21.1. The Morgan fingerprint density at radius 3 is 1.71 bits per heavy atom. The van der Waals surface area contributed by atoms with Crippen LogP contribution in [0.25, 0.3) is 0 Å². The molecule has 35 heavy (non-hydrogen) atoms. The van der Waals surface area contributed by atoms with Crippen LogP contribution in [-0.2, 0) is 19.1 Å². The molecule has 0 amide bonds. The minimum absolute atomic E-state index is 0.0365. The Hall–Kier alpha value is -0.982. The predicted octanol–water partition coefficient (Wildman–Crippen LogP) is 5.94. The first-order valence-electron chi connectivity index (χ1n) is 12.9. The summed E-state index contributed by atoms with van der Waals surface area (Å²) in [5, 5.41) is 9.77. The van der Waals surface area contributed by atoms with E-state index in [0.29, 0.717) is 18.9 Å². The molecule has 0 spiro atoms. The molecule has 6 nitrogen and oxygen atoms in total. The van der Waals surface area contributed by atoms with Crippen molar-refractivity contribution in [3.8, 4) is 5.75 Å². The molecule has 0 atom stereocenters. The molecule has 0 unspecified atom stereocenters. The molecule has 0 aliphatic heterocycles. The molecular weight excluding hydrogens is 545 g/mol. The SMILES string of the molecule is CCCCCCCCOC(=O)CS[As](SCC(=O)OCCCCCCCC)c1ccc(O)c(N)c1. The first kappa shape index (κ1) is 32.0. The molecule has 3 N–H and O–H groups in total. The minimum atomic E-state index is -1.91. The van der Waals surface area contributed by atoms with Gasteiger partial charge in [0.25, 0.3) is 0 Å². The van der Waals surface area contributed by atoms with Gasteiger partial charge in [-0.1, -0.05) is 0 Å². The third-order valence-electron chi connectivity index (χ3n) is 5.34. The van der Waals surface area contributed by atoms with E-state index in [-0.39, 0.29) is 29.2 Å². The fraction of sp³-hybridized carbons (Fsp3) is 0.692. The number of nitrogens with two attached hydrogens (primary N) is 1. The van der Waals surface area contributed by atoms with Gasteiger partial charge in [0.05, 0.1) is 0 Å². The van der Waals surface area contributed by atoms with Gasteiger partial charge in [0.15, 0.2) is 0 Å². The fourth-order valence-electron chi connectivity index (χ4n) is 3.28. The summed E-state index contributed by atoms with van der Waals surface area (Å²) >= 11 is -1.91. The van der Waals surface area contributed by atoms with Crippen LogP contribution >= 0.6 is 20.0 Å². The fourth-order valence-corrected chi connectivity index (χ4v) is 14.3. The molecule has 0 aliphatic carbocycles. The van der Waals surface area contributed by atoms with Gasteiger partial charge in [-0.15, -0.1) is 0 Å². The number of hydrogen-bond acceptors (Lipinski definition) is 8. The molecule has 1 rings (SSSR count). The number of anilines is 1. The summed E-state index contributed by atoms with van der Waals surface area (Å²) in [6, 6.07) is 5.15.